The number of phenols is 1. The van der Waals surface area contributed by atoms with Gasteiger partial charge in [-0.15, -0.1) is 0 Å². The highest BCUT2D eigenvalue weighted by atomic mass is 16.5. The van der Waals surface area contributed by atoms with Gasteiger partial charge in [0.15, 0.2) is 0 Å². The van der Waals surface area contributed by atoms with E-state index >= 15 is 0 Å². The van der Waals surface area contributed by atoms with Gasteiger partial charge >= 0.3 is 0 Å². The van der Waals surface area contributed by atoms with Gasteiger partial charge in [0.1, 0.15) is 11.5 Å². The second-order valence-corrected chi connectivity index (χ2v) is 5.56. The Morgan fingerprint density at radius 3 is 2.19 bits per heavy atom. The topological polar surface area (TPSA) is 32.7 Å². The zero-order valence-electron chi connectivity index (χ0n) is 13.3. The van der Waals surface area contributed by atoms with Gasteiger partial charge in [0.05, 0.1) is 13.2 Å². The molecule has 3 heteroatoms. The molecule has 0 aliphatic rings. The first kappa shape index (κ1) is 15.2. The minimum atomic E-state index is 0.0668. The van der Waals surface area contributed by atoms with Crippen LogP contribution in [0.4, 0.5) is 5.69 Å². The highest BCUT2D eigenvalue weighted by Gasteiger charge is 2.16. The summed E-state index contributed by atoms with van der Waals surface area (Å²) in [5.74, 6) is 0.926. The van der Waals surface area contributed by atoms with E-state index in [2.05, 4.69) is 43.9 Å². The standard InChI is InChI=1S/C18H23NO2/c1-12-8-13(2)10-15(9-12)19(4)14(3)17-7-6-16(21-5)11-18(17)20/h6-11,14,20H,1-5H3. The number of ether oxygens (including phenoxy) is 1. The predicted octanol–water partition coefficient (Wildman–Crippen LogP) is 4.22. The van der Waals surface area contributed by atoms with E-state index in [0.717, 1.165) is 11.3 Å². The van der Waals surface area contributed by atoms with Crippen molar-refractivity contribution in [1.29, 1.82) is 0 Å². The highest BCUT2D eigenvalue weighted by molar-refractivity contribution is 5.53. The summed E-state index contributed by atoms with van der Waals surface area (Å²) >= 11 is 0. The van der Waals surface area contributed by atoms with E-state index in [-0.39, 0.29) is 11.8 Å². The number of anilines is 1. The zero-order chi connectivity index (χ0) is 15.6. The molecule has 0 heterocycles. The molecule has 2 rings (SSSR count). The summed E-state index contributed by atoms with van der Waals surface area (Å²) in [5, 5.41) is 10.2. The maximum atomic E-state index is 10.2. The molecule has 0 radical (unpaired) electrons. The normalized spacial score (nSPS) is 12.0. The van der Waals surface area contributed by atoms with Gasteiger partial charge in [-0.1, -0.05) is 6.07 Å². The minimum absolute atomic E-state index is 0.0668. The molecule has 1 atom stereocenters. The summed E-state index contributed by atoms with van der Waals surface area (Å²) in [6.07, 6.45) is 0. The van der Waals surface area contributed by atoms with Crippen molar-refractivity contribution in [3.8, 4) is 11.5 Å². The maximum absolute atomic E-state index is 10.2. The Morgan fingerprint density at radius 2 is 1.67 bits per heavy atom. The maximum Gasteiger partial charge on any atom is 0.124 e. The third-order valence-electron chi connectivity index (χ3n) is 3.88. The Morgan fingerprint density at radius 1 is 1.05 bits per heavy atom. The number of hydrogen-bond acceptors (Lipinski definition) is 3. The number of aryl methyl sites for hydroxylation is 2. The van der Waals surface area contributed by atoms with Crippen LogP contribution < -0.4 is 9.64 Å². The lowest BCUT2D eigenvalue weighted by Crippen LogP contribution is -2.21. The summed E-state index contributed by atoms with van der Waals surface area (Å²) in [7, 11) is 3.64. The average Bonchev–Trinajstić information content (AvgIpc) is 2.44. The van der Waals surface area contributed by atoms with Crippen molar-refractivity contribution >= 4 is 5.69 Å². The van der Waals surface area contributed by atoms with Crippen molar-refractivity contribution in [3.05, 3.63) is 53.1 Å². The van der Waals surface area contributed by atoms with Crippen molar-refractivity contribution in [2.75, 3.05) is 19.1 Å². The van der Waals surface area contributed by atoms with Crippen LogP contribution in [0.1, 0.15) is 29.7 Å². The molecule has 0 aliphatic carbocycles. The van der Waals surface area contributed by atoms with E-state index in [4.69, 9.17) is 4.74 Å². The lowest BCUT2D eigenvalue weighted by atomic mass is 10.0. The molecule has 0 saturated carbocycles. The number of hydrogen-bond donors (Lipinski definition) is 1. The first-order chi connectivity index (χ1) is 9.92. The van der Waals surface area contributed by atoms with Crippen molar-refractivity contribution < 1.29 is 9.84 Å². The van der Waals surface area contributed by atoms with Crippen LogP contribution in [-0.4, -0.2) is 19.3 Å². The van der Waals surface area contributed by atoms with E-state index in [1.54, 1.807) is 13.2 Å². The van der Waals surface area contributed by atoms with Gasteiger partial charge in [-0.3, -0.25) is 0 Å². The van der Waals surface area contributed by atoms with Crippen molar-refractivity contribution in [3.63, 3.8) is 0 Å². The number of phenolic OH excluding ortho intramolecular Hbond substituents is 1. The van der Waals surface area contributed by atoms with E-state index in [1.165, 1.54) is 11.1 Å². The Bertz CT molecular complexity index is 617. The number of aromatic hydroxyl groups is 1. The quantitative estimate of drug-likeness (QED) is 0.913. The molecule has 3 nitrogen and oxygen atoms in total. The van der Waals surface area contributed by atoms with Gasteiger partial charge in [0.2, 0.25) is 0 Å². The smallest absolute Gasteiger partial charge is 0.124 e. The largest absolute Gasteiger partial charge is 0.507 e. The number of methoxy groups -OCH3 is 1. The van der Waals surface area contributed by atoms with Gasteiger partial charge in [-0.25, -0.2) is 0 Å². The molecule has 2 aromatic rings. The minimum Gasteiger partial charge on any atom is -0.507 e. The number of benzene rings is 2. The molecule has 0 fully saturated rings. The summed E-state index contributed by atoms with van der Waals surface area (Å²) in [6.45, 7) is 6.28. The average molecular weight is 285 g/mol. The van der Waals surface area contributed by atoms with Crippen LogP contribution in [0.15, 0.2) is 36.4 Å². The Balaban J connectivity index is 2.32. The molecule has 0 aromatic heterocycles. The fourth-order valence-corrected chi connectivity index (χ4v) is 2.59. The molecule has 0 saturated heterocycles. The molecule has 1 unspecified atom stereocenters. The van der Waals surface area contributed by atoms with Crippen LogP contribution in [0.3, 0.4) is 0 Å². The van der Waals surface area contributed by atoms with E-state index in [0.29, 0.717) is 5.75 Å². The third-order valence-corrected chi connectivity index (χ3v) is 3.88. The van der Waals surface area contributed by atoms with E-state index < -0.39 is 0 Å². The summed E-state index contributed by atoms with van der Waals surface area (Å²) < 4.78 is 5.13. The molecular formula is C18H23NO2. The predicted molar refractivity (Wildman–Crippen MR) is 87.4 cm³/mol. The van der Waals surface area contributed by atoms with Gasteiger partial charge in [-0.05, 0) is 56.2 Å². The molecule has 0 spiro atoms. The Labute approximate surface area is 126 Å². The second-order valence-electron chi connectivity index (χ2n) is 5.56. The summed E-state index contributed by atoms with van der Waals surface area (Å²) in [6, 6.07) is 12.0. The Hall–Kier alpha value is -2.16. The van der Waals surface area contributed by atoms with Crippen molar-refractivity contribution in [2.24, 2.45) is 0 Å². The van der Waals surface area contributed by atoms with Crippen LogP contribution in [-0.2, 0) is 0 Å². The Kier molecular flexibility index (Phi) is 4.41. The zero-order valence-corrected chi connectivity index (χ0v) is 13.3. The fourth-order valence-electron chi connectivity index (χ4n) is 2.59. The molecule has 2 aromatic carbocycles. The van der Waals surface area contributed by atoms with Crippen molar-refractivity contribution in [2.45, 2.75) is 26.8 Å². The van der Waals surface area contributed by atoms with Gasteiger partial charge in [0, 0.05) is 24.4 Å². The lowest BCUT2D eigenvalue weighted by molar-refractivity contribution is 0.405. The first-order valence-corrected chi connectivity index (χ1v) is 7.10. The molecule has 0 aliphatic heterocycles. The number of rotatable bonds is 4. The number of nitrogens with zero attached hydrogens (tertiary/aromatic N) is 1. The van der Waals surface area contributed by atoms with E-state index in [1.807, 2.05) is 19.2 Å². The molecule has 0 amide bonds. The summed E-state index contributed by atoms with van der Waals surface area (Å²) in [5.41, 5.74) is 4.51. The highest BCUT2D eigenvalue weighted by Crippen LogP contribution is 2.33. The van der Waals surface area contributed by atoms with Crippen LogP contribution in [0.2, 0.25) is 0 Å². The molecule has 112 valence electrons. The fraction of sp³-hybridized carbons (Fsp3) is 0.333. The van der Waals surface area contributed by atoms with Crippen LogP contribution >= 0.6 is 0 Å². The van der Waals surface area contributed by atoms with Crippen LogP contribution in [0.5, 0.6) is 11.5 Å². The van der Waals surface area contributed by atoms with Gasteiger partial charge in [0.25, 0.3) is 0 Å². The molecule has 21 heavy (non-hydrogen) atoms. The van der Waals surface area contributed by atoms with Crippen LogP contribution in [0.25, 0.3) is 0 Å². The lowest BCUT2D eigenvalue weighted by Gasteiger charge is -2.28. The molecule has 0 bridgehead atoms. The second kappa shape index (κ2) is 6.08. The SMILES string of the molecule is COc1ccc(C(C)N(C)c2cc(C)cc(C)c2)c(O)c1. The summed E-state index contributed by atoms with van der Waals surface area (Å²) in [4.78, 5) is 2.17. The monoisotopic (exact) mass is 285 g/mol. The first-order valence-electron chi connectivity index (χ1n) is 7.10. The molecular weight excluding hydrogens is 262 g/mol. The van der Waals surface area contributed by atoms with Gasteiger partial charge in [-0.2, -0.15) is 0 Å². The van der Waals surface area contributed by atoms with E-state index in [9.17, 15) is 5.11 Å². The third kappa shape index (κ3) is 3.30. The van der Waals surface area contributed by atoms with Gasteiger partial charge < -0.3 is 14.7 Å². The van der Waals surface area contributed by atoms with Crippen LogP contribution in [0, 0.1) is 13.8 Å². The molecule has 1 N–H and O–H groups in total. The van der Waals surface area contributed by atoms with Crippen molar-refractivity contribution in [1.82, 2.24) is 0 Å².